The molecule has 4 heteroatoms. The Morgan fingerprint density at radius 1 is 1.50 bits per heavy atom. The number of anilines is 1. The molecule has 74 valence electrons. The molecular weight excluding hydrogens is 202 g/mol. The first-order chi connectivity index (χ1) is 6.54. The zero-order valence-electron chi connectivity index (χ0n) is 7.93. The predicted molar refractivity (Wildman–Crippen MR) is 55.9 cm³/mol. The predicted octanol–water partition coefficient (Wildman–Crippen LogP) is 2.42. The number of halogens is 1. The van der Waals surface area contributed by atoms with E-state index in [1.165, 1.54) is 6.92 Å². The Balaban J connectivity index is 3.16. The average Bonchev–Trinajstić information content (AvgIpc) is 2.09. The summed E-state index contributed by atoms with van der Waals surface area (Å²) < 4.78 is 0. The summed E-state index contributed by atoms with van der Waals surface area (Å²) in [5.41, 5.74) is 1.78. The average molecular weight is 212 g/mol. The van der Waals surface area contributed by atoms with Gasteiger partial charge in [-0.25, -0.2) is 0 Å². The van der Waals surface area contributed by atoms with Gasteiger partial charge in [0.15, 0.2) is 0 Å². The van der Waals surface area contributed by atoms with Gasteiger partial charge in [-0.1, -0.05) is 11.6 Å². The lowest BCUT2D eigenvalue weighted by molar-refractivity contribution is -0.114. The van der Waals surface area contributed by atoms with E-state index >= 15 is 0 Å². The van der Waals surface area contributed by atoms with Gasteiger partial charge < -0.3 is 5.32 Å². The normalized spacial score (nSPS) is 9.64. The van der Waals surface area contributed by atoms with Crippen molar-refractivity contribution in [1.82, 2.24) is 0 Å². The van der Waals surface area contributed by atoms with Crippen LogP contribution in [-0.2, 0) is 4.79 Å². The lowest BCUT2D eigenvalue weighted by Gasteiger charge is -2.07. The summed E-state index contributed by atoms with van der Waals surface area (Å²) in [6.45, 7) is 3.17. The molecule has 1 amide bonds. The number of rotatable bonds is 2. The number of aldehydes is 1. The highest BCUT2D eigenvalue weighted by Crippen LogP contribution is 2.25. The van der Waals surface area contributed by atoms with E-state index in [1.54, 1.807) is 19.1 Å². The molecule has 0 saturated heterocycles. The van der Waals surface area contributed by atoms with Crippen molar-refractivity contribution in [3.63, 3.8) is 0 Å². The molecule has 0 bridgehead atoms. The number of hydrogen-bond acceptors (Lipinski definition) is 2. The summed E-state index contributed by atoms with van der Waals surface area (Å²) in [7, 11) is 0. The Morgan fingerprint density at radius 3 is 2.64 bits per heavy atom. The van der Waals surface area contributed by atoms with Crippen molar-refractivity contribution in [2.45, 2.75) is 13.8 Å². The van der Waals surface area contributed by atoms with Crippen molar-refractivity contribution < 1.29 is 9.59 Å². The standard InChI is InChI=1S/C10H10ClNO2/c1-6-3-9(11)10(12-7(2)14)4-8(6)5-13/h3-5H,1-2H3,(H,12,14). The van der Waals surface area contributed by atoms with E-state index < -0.39 is 0 Å². The second-order valence-corrected chi connectivity index (χ2v) is 3.39. The van der Waals surface area contributed by atoms with Crippen LogP contribution in [0.5, 0.6) is 0 Å². The van der Waals surface area contributed by atoms with Gasteiger partial charge in [0.25, 0.3) is 0 Å². The quantitative estimate of drug-likeness (QED) is 0.764. The molecule has 1 aromatic carbocycles. The summed E-state index contributed by atoms with van der Waals surface area (Å²) in [6.07, 6.45) is 0.733. The Kier molecular flexibility index (Phi) is 3.25. The Bertz CT molecular complexity index is 388. The SMILES string of the molecule is CC(=O)Nc1cc(C=O)c(C)cc1Cl. The zero-order valence-corrected chi connectivity index (χ0v) is 8.68. The van der Waals surface area contributed by atoms with Gasteiger partial charge in [0.2, 0.25) is 5.91 Å². The first kappa shape index (κ1) is 10.7. The summed E-state index contributed by atoms with van der Waals surface area (Å²) in [5.74, 6) is -0.215. The molecule has 0 fully saturated rings. The molecule has 0 aliphatic carbocycles. The van der Waals surface area contributed by atoms with Crippen LogP contribution in [0.15, 0.2) is 12.1 Å². The van der Waals surface area contributed by atoms with Crippen LogP contribution in [0.2, 0.25) is 5.02 Å². The monoisotopic (exact) mass is 211 g/mol. The zero-order chi connectivity index (χ0) is 10.7. The van der Waals surface area contributed by atoms with E-state index in [2.05, 4.69) is 5.32 Å². The minimum atomic E-state index is -0.215. The van der Waals surface area contributed by atoms with Crippen LogP contribution in [0.1, 0.15) is 22.8 Å². The van der Waals surface area contributed by atoms with Gasteiger partial charge in [-0.15, -0.1) is 0 Å². The van der Waals surface area contributed by atoms with Crippen molar-refractivity contribution in [3.8, 4) is 0 Å². The minimum Gasteiger partial charge on any atom is -0.325 e. The molecule has 3 nitrogen and oxygen atoms in total. The fourth-order valence-corrected chi connectivity index (χ4v) is 1.37. The fraction of sp³-hybridized carbons (Fsp3) is 0.200. The molecule has 14 heavy (non-hydrogen) atoms. The summed E-state index contributed by atoms with van der Waals surface area (Å²) in [5, 5.41) is 2.98. The number of carbonyl (C=O) groups excluding carboxylic acids is 2. The van der Waals surface area contributed by atoms with Crippen LogP contribution in [0, 0.1) is 6.92 Å². The van der Waals surface area contributed by atoms with Gasteiger partial charge in [-0.2, -0.15) is 0 Å². The molecular formula is C10H10ClNO2. The lowest BCUT2D eigenvalue weighted by Crippen LogP contribution is -2.07. The third kappa shape index (κ3) is 2.33. The molecule has 0 aromatic heterocycles. The first-order valence-corrected chi connectivity index (χ1v) is 4.45. The van der Waals surface area contributed by atoms with Gasteiger partial charge in [-0.3, -0.25) is 9.59 Å². The van der Waals surface area contributed by atoms with E-state index in [0.717, 1.165) is 11.8 Å². The molecule has 0 aliphatic rings. The summed E-state index contributed by atoms with van der Waals surface area (Å²) in [6, 6.07) is 3.21. The topological polar surface area (TPSA) is 46.2 Å². The lowest BCUT2D eigenvalue weighted by atomic mass is 10.1. The largest absolute Gasteiger partial charge is 0.325 e. The van der Waals surface area contributed by atoms with Gasteiger partial charge in [-0.05, 0) is 24.6 Å². The number of aryl methyl sites for hydroxylation is 1. The molecule has 0 atom stereocenters. The second kappa shape index (κ2) is 4.24. The van der Waals surface area contributed by atoms with Crippen LogP contribution in [0.4, 0.5) is 5.69 Å². The van der Waals surface area contributed by atoms with E-state index in [9.17, 15) is 9.59 Å². The highest BCUT2D eigenvalue weighted by atomic mass is 35.5. The van der Waals surface area contributed by atoms with E-state index in [1.807, 2.05) is 0 Å². The maximum Gasteiger partial charge on any atom is 0.221 e. The highest BCUT2D eigenvalue weighted by Gasteiger charge is 2.06. The van der Waals surface area contributed by atoms with Gasteiger partial charge >= 0.3 is 0 Å². The number of carbonyl (C=O) groups is 2. The number of hydrogen-bond donors (Lipinski definition) is 1. The molecule has 1 aromatic rings. The molecule has 0 aliphatic heterocycles. The fourth-order valence-electron chi connectivity index (χ4n) is 1.10. The van der Waals surface area contributed by atoms with E-state index in [0.29, 0.717) is 16.3 Å². The molecule has 0 spiro atoms. The van der Waals surface area contributed by atoms with Crippen LogP contribution >= 0.6 is 11.6 Å². The van der Waals surface area contributed by atoms with Crippen LogP contribution in [0.25, 0.3) is 0 Å². The molecule has 0 radical (unpaired) electrons. The van der Waals surface area contributed by atoms with E-state index in [4.69, 9.17) is 11.6 Å². The van der Waals surface area contributed by atoms with Crippen LogP contribution in [-0.4, -0.2) is 12.2 Å². The first-order valence-electron chi connectivity index (χ1n) is 4.07. The maximum atomic E-state index is 10.8. The molecule has 1 N–H and O–H groups in total. The van der Waals surface area contributed by atoms with Gasteiger partial charge in [0.1, 0.15) is 6.29 Å². The minimum absolute atomic E-state index is 0.215. The Morgan fingerprint density at radius 2 is 2.14 bits per heavy atom. The second-order valence-electron chi connectivity index (χ2n) is 2.99. The third-order valence-corrected chi connectivity index (χ3v) is 2.11. The number of benzene rings is 1. The van der Waals surface area contributed by atoms with Crippen LogP contribution < -0.4 is 5.32 Å². The maximum absolute atomic E-state index is 10.8. The van der Waals surface area contributed by atoms with E-state index in [-0.39, 0.29) is 5.91 Å². The number of amides is 1. The van der Waals surface area contributed by atoms with Gasteiger partial charge in [0, 0.05) is 12.5 Å². The molecule has 0 heterocycles. The van der Waals surface area contributed by atoms with Crippen molar-refractivity contribution in [2.75, 3.05) is 5.32 Å². The summed E-state index contributed by atoms with van der Waals surface area (Å²) >= 11 is 5.87. The molecule has 0 saturated carbocycles. The van der Waals surface area contributed by atoms with Crippen molar-refractivity contribution in [2.24, 2.45) is 0 Å². The van der Waals surface area contributed by atoms with Crippen molar-refractivity contribution in [3.05, 3.63) is 28.3 Å². The smallest absolute Gasteiger partial charge is 0.221 e. The van der Waals surface area contributed by atoms with Gasteiger partial charge in [0.05, 0.1) is 10.7 Å². The molecule has 0 unspecified atom stereocenters. The Labute approximate surface area is 87.1 Å². The Hall–Kier alpha value is -1.35. The molecule has 1 rings (SSSR count). The summed E-state index contributed by atoms with van der Waals surface area (Å²) in [4.78, 5) is 21.4. The highest BCUT2D eigenvalue weighted by molar-refractivity contribution is 6.33. The van der Waals surface area contributed by atoms with Crippen molar-refractivity contribution >= 4 is 29.5 Å². The van der Waals surface area contributed by atoms with Crippen molar-refractivity contribution in [1.29, 1.82) is 0 Å². The van der Waals surface area contributed by atoms with Crippen LogP contribution in [0.3, 0.4) is 0 Å². The third-order valence-electron chi connectivity index (χ3n) is 1.79. The number of nitrogens with one attached hydrogen (secondary N) is 1.